The van der Waals surface area contributed by atoms with Crippen molar-refractivity contribution in [2.45, 2.75) is 51.9 Å². The van der Waals surface area contributed by atoms with Crippen LogP contribution in [0.15, 0.2) is 29.7 Å². The predicted molar refractivity (Wildman–Crippen MR) is 88.2 cm³/mol. The molecule has 130 valence electrons. The molecule has 7 heteroatoms. The summed E-state index contributed by atoms with van der Waals surface area (Å²) in [7, 11) is 1.69. The van der Waals surface area contributed by atoms with Crippen LogP contribution in [0, 0.1) is 0 Å². The van der Waals surface area contributed by atoms with Gasteiger partial charge in [0.1, 0.15) is 5.60 Å². The molecule has 0 unspecified atom stereocenters. The molecule has 0 fully saturated rings. The number of pyridine rings is 1. The second kappa shape index (κ2) is 6.98. The number of carbonyl (C=O) groups is 2. The highest BCUT2D eigenvalue weighted by Gasteiger charge is 2.36. The lowest BCUT2D eigenvalue weighted by molar-refractivity contribution is -0.146. The van der Waals surface area contributed by atoms with Gasteiger partial charge in [0.05, 0.1) is 6.04 Å². The van der Waals surface area contributed by atoms with Gasteiger partial charge in [0.15, 0.2) is 5.71 Å². The van der Waals surface area contributed by atoms with E-state index in [-0.39, 0.29) is 24.1 Å². The van der Waals surface area contributed by atoms with Gasteiger partial charge in [-0.05, 0) is 39.3 Å². The molecule has 1 aromatic heterocycles. The molecule has 0 aliphatic carbocycles. The Labute approximate surface area is 141 Å². The summed E-state index contributed by atoms with van der Waals surface area (Å²) in [5.74, 6) is -0.797. The number of rotatable bonds is 4. The number of likely N-dealkylation sites (N-methyl/N-ethyl adjacent to an activating group) is 1. The van der Waals surface area contributed by atoms with Gasteiger partial charge in [0, 0.05) is 25.9 Å². The molecule has 2 rings (SSSR count). The van der Waals surface area contributed by atoms with Crippen molar-refractivity contribution in [3.63, 3.8) is 0 Å². The van der Waals surface area contributed by atoms with Gasteiger partial charge >= 0.3 is 5.97 Å². The summed E-state index contributed by atoms with van der Waals surface area (Å²) in [6, 6.07) is 3.56. The van der Waals surface area contributed by atoms with Crippen molar-refractivity contribution < 1.29 is 19.2 Å². The molecule has 0 aromatic carbocycles. The Bertz CT molecular complexity index is 637. The molecule has 1 aromatic rings. The molecule has 0 N–H and O–H groups in total. The monoisotopic (exact) mass is 333 g/mol. The summed E-state index contributed by atoms with van der Waals surface area (Å²) >= 11 is 0. The van der Waals surface area contributed by atoms with Crippen LogP contribution < -0.4 is 0 Å². The Balaban J connectivity index is 1.96. The Hall–Kier alpha value is -2.44. The van der Waals surface area contributed by atoms with Crippen LogP contribution in [0.5, 0.6) is 0 Å². The Morgan fingerprint density at radius 2 is 2.12 bits per heavy atom. The molecule has 1 aliphatic heterocycles. The van der Waals surface area contributed by atoms with Crippen LogP contribution in [0.3, 0.4) is 0 Å². The van der Waals surface area contributed by atoms with Gasteiger partial charge < -0.3 is 14.5 Å². The maximum absolute atomic E-state index is 12.6. The zero-order chi connectivity index (χ0) is 17.9. The fourth-order valence-corrected chi connectivity index (χ4v) is 2.23. The first-order valence-electron chi connectivity index (χ1n) is 7.81. The molecule has 1 amide bonds. The molecular formula is C17H23N3O4. The van der Waals surface area contributed by atoms with E-state index in [2.05, 4.69) is 10.1 Å². The quantitative estimate of drug-likeness (QED) is 0.788. The number of ether oxygens (including phenoxy) is 1. The van der Waals surface area contributed by atoms with E-state index >= 15 is 0 Å². The number of aromatic nitrogens is 1. The number of oxime groups is 1. The molecule has 0 saturated heterocycles. The third kappa shape index (κ3) is 4.31. The van der Waals surface area contributed by atoms with E-state index in [1.165, 1.54) is 0 Å². The Morgan fingerprint density at radius 1 is 1.42 bits per heavy atom. The molecule has 0 radical (unpaired) electrons. The zero-order valence-electron chi connectivity index (χ0n) is 14.6. The first kappa shape index (κ1) is 17.9. The van der Waals surface area contributed by atoms with Crippen molar-refractivity contribution in [1.82, 2.24) is 9.88 Å². The maximum Gasteiger partial charge on any atom is 0.356 e. The average Bonchev–Trinajstić information content (AvgIpc) is 3.02. The standard InChI is InChI=1S/C17H23N3O4/c1-11(12-7-6-8-18-10-12)20(5)15(21)14-9-13(19-24-14)16(22)23-17(2,3)4/h6-8,10-11,14H,9H2,1-5H3/t11-,14-/m0/s1. The second-order valence-corrected chi connectivity index (χ2v) is 6.75. The lowest BCUT2D eigenvalue weighted by Gasteiger charge is -2.26. The number of nitrogens with zero attached hydrogens (tertiary/aromatic N) is 3. The fourth-order valence-electron chi connectivity index (χ4n) is 2.23. The summed E-state index contributed by atoms with van der Waals surface area (Å²) in [5, 5.41) is 3.72. The van der Waals surface area contributed by atoms with Crippen molar-refractivity contribution in [2.75, 3.05) is 7.05 Å². The fraction of sp³-hybridized carbons (Fsp3) is 0.529. The third-order valence-electron chi connectivity index (χ3n) is 3.67. The summed E-state index contributed by atoms with van der Waals surface area (Å²) in [6.45, 7) is 7.22. The minimum atomic E-state index is -0.809. The molecule has 0 spiro atoms. The first-order chi connectivity index (χ1) is 11.2. The predicted octanol–water partition coefficient (Wildman–Crippen LogP) is 2.09. The molecule has 2 heterocycles. The lowest BCUT2D eigenvalue weighted by atomic mass is 10.1. The zero-order valence-corrected chi connectivity index (χ0v) is 14.6. The second-order valence-electron chi connectivity index (χ2n) is 6.75. The Kier molecular flexibility index (Phi) is 5.21. The summed E-state index contributed by atoms with van der Waals surface area (Å²) < 4.78 is 5.24. The van der Waals surface area contributed by atoms with Crippen molar-refractivity contribution in [2.24, 2.45) is 5.16 Å². The van der Waals surface area contributed by atoms with Crippen LogP contribution >= 0.6 is 0 Å². The smallest absolute Gasteiger partial charge is 0.356 e. The highest BCUT2D eigenvalue weighted by Crippen LogP contribution is 2.22. The van der Waals surface area contributed by atoms with Crippen LogP contribution in [0.1, 0.15) is 45.7 Å². The average molecular weight is 333 g/mol. The minimum absolute atomic E-state index is 0.109. The number of hydrogen-bond acceptors (Lipinski definition) is 6. The van der Waals surface area contributed by atoms with Crippen molar-refractivity contribution in [3.8, 4) is 0 Å². The number of carbonyl (C=O) groups excluding carboxylic acids is 2. The van der Waals surface area contributed by atoms with E-state index in [1.54, 1.807) is 45.1 Å². The van der Waals surface area contributed by atoms with E-state index in [0.717, 1.165) is 5.56 Å². The van der Waals surface area contributed by atoms with Gasteiger partial charge in [-0.2, -0.15) is 0 Å². The number of hydrogen-bond donors (Lipinski definition) is 0. The van der Waals surface area contributed by atoms with E-state index in [1.807, 2.05) is 19.1 Å². The van der Waals surface area contributed by atoms with E-state index < -0.39 is 17.7 Å². The van der Waals surface area contributed by atoms with Crippen LogP contribution in [0.2, 0.25) is 0 Å². The highest BCUT2D eigenvalue weighted by atomic mass is 16.7. The molecule has 7 nitrogen and oxygen atoms in total. The van der Waals surface area contributed by atoms with Gasteiger partial charge in [-0.3, -0.25) is 9.78 Å². The maximum atomic E-state index is 12.6. The number of amides is 1. The van der Waals surface area contributed by atoms with Gasteiger partial charge in [-0.15, -0.1) is 0 Å². The van der Waals surface area contributed by atoms with Crippen molar-refractivity contribution in [1.29, 1.82) is 0 Å². The summed E-state index contributed by atoms with van der Waals surface area (Å²) in [4.78, 5) is 35.3. The van der Waals surface area contributed by atoms with E-state index in [9.17, 15) is 9.59 Å². The largest absolute Gasteiger partial charge is 0.455 e. The third-order valence-corrected chi connectivity index (χ3v) is 3.67. The summed E-state index contributed by atoms with van der Waals surface area (Å²) in [5.41, 5.74) is 0.429. The van der Waals surface area contributed by atoms with Crippen molar-refractivity contribution in [3.05, 3.63) is 30.1 Å². The van der Waals surface area contributed by atoms with Crippen LogP contribution in [-0.2, 0) is 19.2 Å². The van der Waals surface area contributed by atoms with Gasteiger partial charge in [0.25, 0.3) is 5.91 Å². The van der Waals surface area contributed by atoms with E-state index in [0.29, 0.717) is 0 Å². The minimum Gasteiger partial charge on any atom is -0.455 e. The lowest BCUT2D eigenvalue weighted by Crippen LogP contribution is -2.39. The SMILES string of the molecule is C[C@@H](c1cccnc1)N(C)C(=O)[C@@H]1CC(C(=O)OC(C)(C)C)=NO1. The van der Waals surface area contributed by atoms with Crippen LogP contribution in [0.4, 0.5) is 0 Å². The molecule has 2 atom stereocenters. The molecule has 0 bridgehead atoms. The van der Waals surface area contributed by atoms with Crippen molar-refractivity contribution >= 4 is 17.6 Å². The van der Waals surface area contributed by atoms with Gasteiger partial charge in [-0.25, -0.2) is 4.79 Å². The molecule has 1 aliphatic rings. The molecule has 0 saturated carbocycles. The van der Waals surface area contributed by atoms with Crippen LogP contribution in [-0.4, -0.2) is 46.2 Å². The highest BCUT2D eigenvalue weighted by molar-refractivity contribution is 6.37. The van der Waals surface area contributed by atoms with E-state index in [4.69, 9.17) is 9.57 Å². The summed E-state index contributed by atoms with van der Waals surface area (Å²) in [6.07, 6.45) is 2.69. The molecular weight excluding hydrogens is 310 g/mol. The van der Waals surface area contributed by atoms with Gasteiger partial charge in [0.2, 0.25) is 6.10 Å². The van der Waals surface area contributed by atoms with Crippen LogP contribution in [0.25, 0.3) is 0 Å². The normalized spacial score (nSPS) is 18.4. The van der Waals surface area contributed by atoms with Gasteiger partial charge in [-0.1, -0.05) is 11.2 Å². The topological polar surface area (TPSA) is 81.1 Å². The molecule has 24 heavy (non-hydrogen) atoms. The number of esters is 1. The Morgan fingerprint density at radius 3 is 2.71 bits per heavy atom. The first-order valence-corrected chi connectivity index (χ1v) is 7.81.